The molecule has 1 aromatic heterocycles. The molecule has 2 aromatic rings. The Labute approximate surface area is 104 Å². The van der Waals surface area contributed by atoms with Gasteiger partial charge in [0.1, 0.15) is 0 Å². The van der Waals surface area contributed by atoms with Gasteiger partial charge in [-0.05, 0) is 31.0 Å². The van der Waals surface area contributed by atoms with Crippen molar-refractivity contribution in [3.8, 4) is 0 Å². The molecule has 1 fully saturated rings. The van der Waals surface area contributed by atoms with Gasteiger partial charge in [-0.3, -0.25) is 5.10 Å². The summed E-state index contributed by atoms with van der Waals surface area (Å²) in [5, 5.41) is 7.76. The summed E-state index contributed by atoms with van der Waals surface area (Å²) in [6.45, 7) is 1.56. The molecule has 18 heavy (non-hydrogen) atoms. The fraction of sp³-hybridized carbons (Fsp3) is 0.333. The van der Waals surface area contributed by atoms with Crippen LogP contribution < -0.4 is 5.48 Å². The molecule has 0 saturated carbocycles. The van der Waals surface area contributed by atoms with Crippen molar-refractivity contribution in [3.63, 3.8) is 0 Å². The van der Waals surface area contributed by atoms with Crippen LogP contribution in [0.3, 0.4) is 0 Å². The first-order valence-electron chi connectivity index (χ1n) is 5.98. The number of aromatic nitrogens is 2. The zero-order valence-electron chi connectivity index (χ0n) is 9.85. The lowest BCUT2D eigenvalue weighted by atomic mass is 10.2. The van der Waals surface area contributed by atoms with E-state index in [0.717, 1.165) is 42.5 Å². The van der Waals surface area contributed by atoms with E-state index in [0.29, 0.717) is 0 Å². The first-order chi connectivity index (χ1) is 8.83. The van der Waals surface area contributed by atoms with E-state index in [4.69, 9.17) is 4.84 Å². The number of rotatable bonds is 2. The maximum Gasteiger partial charge on any atom is 0.434 e. The molecule has 2 heterocycles. The smallest absolute Gasteiger partial charge is 0.324 e. The molecule has 1 aromatic carbocycles. The highest BCUT2D eigenvalue weighted by molar-refractivity contribution is 5.81. The van der Waals surface area contributed by atoms with Gasteiger partial charge in [0, 0.05) is 18.5 Å². The first-order valence-corrected chi connectivity index (χ1v) is 5.98. The molecule has 0 unspecified atom stereocenters. The first kappa shape index (κ1) is 10.9. The molecular weight excluding hydrogens is 232 g/mol. The third-order valence-corrected chi connectivity index (χ3v) is 3.06. The molecule has 1 aliphatic rings. The standard InChI is InChI=1S/C12H14N4O2/c17-12(16-5-1-2-6-16)18-15-10-3-4-11-9(7-10)8-13-14-11/h3-4,7-8,15H,1-2,5-6H2,(H,13,14). The van der Waals surface area contributed by atoms with Gasteiger partial charge in [0.2, 0.25) is 0 Å². The zero-order chi connectivity index (χ0) is 12.4. The van der Waals surface area contributed by atoms with Crippen molar-refractivity contribution < 1.29 is 9.63 Å². The van der Waals surface area contributed by atoms with Gasteiger partial charge in [0.05, 0.1) is 17.4 Å². The number of hydrogen-bond donors (Lipinski definition) is 2. The van der Waals surface area contributed by atoms with Crippen LogP contribution in [0, 0.1) is 0 Å². The van der Waals surface area contributed by atoms with Crippen LogP contribution in [-0.4, -0.2) is 34.3 Å². The van der Waals surface area contributed by atoms with E-state index in [9.17, 15) is 4.79 Å². The fourth-order valence-corrected chi connectivity index (χ4v) is 2.07. The minimum absolute atomic E-state index is 0.320. The van der Waals surface area contributed by atoms with Crippen molar-refractivity contribution in [1.82, 2.24) is 15.1 Å². The van der Waals surface area contributed by atoms with Crippen LogP contribution in [0.5, 0.6) is 0 Å². The minimum atomic E-state index is -0.320. The molecule has 3 rings (SSSR count). The van der Waals surface area contributed by atoms with Gasteiger partial charge in [-0.25, -0.2) is 10.3 Å². The van der Waals surface area contributed by atoms with E-state index in [1.165, 1.54) is 0 Å². The van der Waals surface area contributed by atoms with Gasteiger partial charge in [-0.15, -0.1) is 0 Å². The number of carbonyl (C=O) groups is 1. The molecule has 94 valence electrons. The average molecular weight is 246 g/mol. The third kappa shape index (κ3) is 2.09. The Bertz CT molecular complexity index is 560. The van der Waals surface area contributed by atoms with Gasteiger partial charge in [-0.1, -0.05) is 0 Å². The molecule has 6 heteroatoms. The minimum Gasteiger partial charge on any atom is -0.324 e. The largest absolute Gasteiger partial charge is 0.434 e. The maximum absolute atomic E-state index is 11.7. The molecule has 0 radical (unpaired) electrons. The van der Waals surface area contributed by atoms with Crippen molar-refractivity contribution in [3.05, 3.63) is 24.4 Å². The average Bonchev–Trinajstić information content (AvgIpc) is 3.05. The highest BCUT2D eigenvalue weighted by Crippen LogP contribution is 2.17. The normalized spacial score (nSPS) is 15.0. The van der Waals surface area contributed by atoms with Crippen LogP contribution in [0.1, 0.15) is 12.8 Å². The lowest BCUT2D eigenvalue weighted by molar-refractivity contribution is 0.132. The predicted molar refractivity (Wildman–Crippen MR) is 67.0 cm³/mol. The van der Waals surface area contributed by atoms with E-state index in [-0.39, 0.29) is 6.09 Å². The van der Waals surface area contributed by atoms with Crippen LogP contribution in [0.4, 0.5) is 10.5 Å². The van der Waals surface area contributed by atoms with Gasteiger partial charge >= 0.3 is 6.09 Å². The van der Waals surface area contributed by atoms with Crippen molar-refractivity contribution in [2.45, 2.75) is 12.8 Å². The van der Waals surface area contributed by atoms with E-state index in [1.54, 1.807) is 11.1 Å². The summed E-state index contributed by atoms with van der Waals surface area (Å²) in [5.41, 5.74) is 4.35. The van der Waals surface area contributed by atoms with E-state index in [1.807, 2.05) is 18.2 Å². The van der Waals surface area contributed by atoms with Gasteiger partial charge in [-0.2, -0.15) is 5.10 Å². The van der Waals surface area contributed by atoms with Crippen molar-refractivity contribution in [2.75, 3.05) is 18.6 Å². The molecule has 0 bridgehead atoms. The molecule has 2 N–H and O–H groups in total. The highest BCUT2D eigenvalue weighted by atomic mass is 16.7. The molecule has 1 saturated heterocycles. The summed E-state index contributed by atoms with van der Waals surface area (Å²) >= 11 is 0. The topological polar surface area (TPSA) is 70.2 Å². The number of benzene rings is 1. The quantitative estimate of drug-likeness (QED) is 0.796. The highest BCUT2D eigenvalue weighted by Gasteiger charge is 2.19. The van der Waals surface area contributed by atoms with Crippen LogP contribution in [0.2, 0.25) is 0 Å². The monoisotopic (exact) mass is 246 g/mol. The van der Waals surface area contributed by atoms with Crippen molar-refractivity contribution >= 4 is 22.7 Å². The lowest BCUT2D eigenvalue weighted by Crippen LogP contribution is -2.29. The van der Waals surface area contributed by atoms with Crippen LogP contribution >= 0.6 is 0 Å². The van der Waals surface area contributed by atoms with Gasteiger partial charge in [0.15, 0.2) is 0 Å². The summed E-state index contributed by atoms with van der Waals surface area (Å²) in [7, 11) is 0. The van der Waals surface area contributed by atoms with Gasteiger partial charge < -0.3 is 9.74 Å². The number of nitrogens with zero attached hydrogens (tertiary/aromatic N) is 2. The summed E-state index contributed by atoms with van der Waals surface area (Å²) in [6.07, 6.45) is 3.51. The SMILES string of the molecule is O=C(ONc1ccc2[nH]ncc2c1)N1CCCC1. The number of hydrogen-bond acceptors (Lipinski definition) is 4. The fourth-order valence-electron chi connectivity index (χ4n) is 2.07. The number of likely N-dealkylation sites (tertiary alicyclic amines) is 1. The molecule has 0 aliphatic carbocycles. The molecule has 6 nitrogen and oxygen atoms in total. The Morgan fingerprint density at radius 3 is 3.06 bits per heavy atom. The van der Waals surface area contributed by atoms with Crippen LogP contribution in [0.15, 0.2) is 24.4 Å². The molecular formula is C12H14N4O2. The Morgan fingerprint density at radius 2 is 2.22 bits per heavy atom. The number of nitrogens with one attached hydrogen (secondary N) is 2. The second-order valence-electron chi connectivity index (χ2n) is 4.34. The number of carbonyl (C=O) groups excluding carboxylic acids is 1. The van der Waals surface area contributed by atoms with E-state index >= 15 is 0 Å². The second-order valence-corrected chi connectivity index (χ2v) is 4.34. The lowest BCUT2D eigenvalue weighted by Gasteiger charge is -2.15. The predicted octanol–water partition coefficient (Wildman–Crippen LogP) is 2.12. The number of anilines is 1. The van der Waals surface area contributed by atoms with E-state index in [2.05, 4.69) is 15.7 Å². The van der Waals surface area contributed by atoms with Crippen LogP contribution in [0.25, 0.3) is 10.9 Å². The Kier molecular flexibility index (Phi) is 2.76. The number of fused-ring (bicyclic) bond motifs is 1. The van der Waals surface area contributed by atoms with Crippen molar-refractivity contribution in [2.24, 2.45) is 0 Å². The second kappa shape index (κ2) is 4.56. The summed E-state index contributed by atoms with van der Waals surface area (Å²) in [4.78, 5) is 18.4. The summed E-state index contributed by atoms with van der Waals surface area (Å²) in [6, 6.07) is 5.59. The maximum atomic E-state index is 11.7. The molecule has 0 spiro atoms. The number of H-pyrrole nitrogens is 1. The summed E-state index contributed by atoms with van der Waals surface area (Å²) < 4.78 is 0. The molecule has 1 aliphatic heterocycles. The molecule has 1 amide bonds. The molecule has 0 atom stereocenters. The third-order valence-electron chi connectivity index (χ3n) is 3.06. The van der Waals surface area contributed by atoms with Crippen LogP contribution in [-0.2, 0) is 4.84 Å². The summed E-state index contributed by atoms with van der Waals surface area (Å²) in [5.74, 6) is 0. The zero-order valence-corrected chi connectivity index (χ0v) is 9.85. The number of amides is 1. The Balaban J connectivity index is 1.63. The van der Waals surface area contributed by atoms with Gasteiger partial charge in [0.25, 0.3) is 0 Å². The van der Waals surface area contributed by atoms with E-state index < -0.39 is 0 Å². The number of aromatic amines is 1. The van der Waals surface area contributed by atoms with Crippen molar-refractivity contribution in [1.29, 1.82) is 0 Å². The Morgan fingerprint density at radius 1 is 1.39 bits per heavy atom. The Hall–Kier alpha value is -2.24.